The molecule has 2 saturated heterocycles. The predicted octanol–water partition coefficient (Wildman–Crippen LogP) is 5.99. The van der Waals surface area contributed by atoms with E-state index in [4.69, 9.17) is 0 Å². The number of rotatable bonds is 10. The molecule has 3 aromatic carbocycles. The van der Waals surface area contributed by atoms with Gasteiger partial charge in [-0.3, -0.25) is 14.7 Å². The molecule has 0 amide bonds. The van der Waals surface area contributed by atoms with E-state index in [0.29, 0.717) is 12.1 Å². The average Bonchev–Trinajstić information content (AvgIpc) is 2.96. The minimum atomic E-state index is -0.147. The van der Waals surface area contributed by atoms with E-state index in [9.17, 15) is 4.39 Å². The monoisotopic (exact) mass is 530 g/mol. The van der Waals surface area contributed by atoms with Crippen molar-refractivity contribution in [2.75, 3.05) is 65.4 Å². The van der Waals surface area contributed by atoms with Crippen LogP contribution in [0.1, 0.15) is 49.4 Å². The van der Waals surface area contributed by atoms with Crippen molar-refractivity contribution in [3.63, 3.8) is 0 Å². The molecule has 3 aromatic rings. The number of hydrogen-bond donors (Lipinski definition) is 0. The molecule has 0 spiro atoms. The maximum Gasteiger partial charge on any atom is 0.123 e. The summed E-state index contributed by atoms with van der Waals surface area (Å²) >= 11 is 0. The second-order valence-corrected chi connectivity index (χ2v) is 11.9. The van der Waals surface area contributed by atoms with Gasteiger partial charge in [0.2, 0.25) is 0 Å². The highest BCUT2D eigenvalue weighted by Gasteiger charge is 2.29. The first kappa shape index (κ1) is 28.2. The van der Waals surface area contributed by atoms with E-state index in [2.05, 4.69) is 76.8 Å². The smallest absolute Gasteiger partial charge is 0.123 e. The molecule has 5 rings (SSSR count). The third-order valence-electron chi connectivity index (χ3n) is 9.10. The van der Waals surface area contributed by atoms with Gasteiger partial charge in [0.1, 0.15) is 5.82 Å². The number of piperazine rings is 2. The fourth-order valence-electron chi connectivity index (χ4n) is 6.54. The summed E-state index contributed by atoms with van der Waals surface area (Å²) in [6.45, 7) is 18.0. The Labute approximate surface area is 235 Å². The van der Waals surface area contributed by atoms with E-state index in [0.717, 1.165) is 65.3 Å². The number of halogens is 1. The van der Waals surface area contributed by atoms with Gasteiger partial charge in [-0.25, -0.2) is 4.39 Å². The molecule has 0 N–H and O–H groups in total. The fourth-order valence-corrected chi connectivity index (χ4v) is 6.54. The predicted molar refractivity (Wildman–Crippen MR) is 162 cm³/mol. The van der Waals surface area contributed by atoms with Gasteiger partial charge in [-0.15, -0.1) is 0 Å². The summed E-state index contributed by atoms with van der Waals surface area (Å²) in [7, 11) is 0. The summed E-state index contributed by atoms with van der Waals surface area (Å²) in [5, 5.41) is 2.78. The highest BCUT2D eigenvalue weighted by molar-refractivity contribution is 5.86. The zero-order chi connectivity index (χ0) is 27.2. The zero-order valence-corrected chi connectivity index (χ0v) is 24.3. The van der Waals surface area contributed by atoms with Crippen LogP contribution in [0.2, 0.25) is 0 Å². The van der Waals surface area contributed by atoms with Crippen LogP contribution in [-0.2, 0) is 6.42 Å². The topological polar surface area (TPSA) is 13.0 Å². The molecule has 0 bridgehead atoms. The molecule has 2 fully saturated rings. The lowest BCUT2D eigenvalue weighted by atomic mass is 9.95. The second-order valence-electron chi connectivity index (χ2n) is 11.9. The summed E-state index contributed by atoms with van der Waals surface area (Å²) in [5.41, 5.74) is 4.20. The summed E-state index contributed by atoms with van der Waals surface area (Å²) in [5.74, 6) is -0.147. The lowest BCUT2D eigenvalue weighted by molar-refractivity contribution is 0.0480. The largest absolute Gasteiger partial charge is 0.301 e. The Morgan fingerprint density at radius 1 is 0.718 bits per heavy atom. The Morgan fingerprint density at radius 2 is 1.38 bits per heavy atom. The van der Waals surface area contributed by atoms with E-state index in [1.807, 2.05) is 12.1 Å². The fraction of sp³-hybridized carbons (Fsp3) is 0.529. The van der Waals surface area contributed by atoms with Crippen molar-refractivity contribution in [2.24, 2.45) is 0 Å². The van der Waals surface area contributed by atoms with Crippen LogP contribution in [0.25, 0.3) is 10.8 Å². The van der Waals surface area contributed by atoms with Gasteiger partial charge in [0, 0.05) is 71.0 Å². The van der Waals surface area contributed by atoms with Crippen LogP contribution in [0.3, 0.4) is 0 Å². The molecule has 0 radical (unpaired) electrons. The van der Waals surface area contributed by atoms with Crippen LogP contribution >= 0.6 is 0 Å². The molecule has 210 valence electrons. The van der Waals surface area contributed by atoms with Gasteiger partial charge in [-0.1, -0.05) is 48.5 Å². The third kappa shape index (κ3) is 7.26. The number of nitrogens with zero attached hydrogens (tertiary/aromatic N) is 4. The molecule has 2 aliphatic heterocycles. The van der Waals surface area contributed by atoms with Crippen LogP contribution in [0.15, 0.2) is 60.7 Å². The molecule has 2 heterocycles. The van der Waals surface area contributed by atoms with Crippen molar-refractivity contribution >= 4 is 10.8 Å². The highest BCUT2D eigenvalue weighted by Crippen LogP contribution is 2.26. The third-order valence-corrected chi connectivity index (χ3v) is 9.10. The van der Waals surface area contributed by atoms with Gasteiger partial charge in [0.15, 0.2) is 0 Å². The van der Waals surface area contributed by atoms with Crippen LogP contribution in [-0.4, -0.2) is 91.1 Å². The molecule has 4 nitrogen and oxygen atoms in total. The Hall–Kier alpha value is -2.31. The summed E-state index contributed by atoms with van der Waals surface area (Å²) in [4.78, 5) is 10.5. The lowest BCUT2D eigenvalue weighted by Gasteiger charge is -2.43. The van der Waals surface area contributed by atoms with Gasteiger partial charge in [-0.05, 0) is 86.2 Å². The molecule has 1 atom stereocenters. The molecule has 39 heavy (non-hydrogen) atoms. The van der Waals surface area contributed by atoms with Crippen molar-refractivity contribution in [1.82, 2.24) is 19.6 Å². The Balaban J connectivity index is 1.11. The second kappa shape index (κ2) is 13.4. The number of benzene rings is 3. The van der Waals surface area contributed by atoms with Crippen LogP contribution < -0.4 is 0 Å². The van der Waals surface area contributed by atoms with Gasteiger partial charge < -0.3 is 4.90 Å². The van der Waals surface area contributed by atoms with Crippen molar-refractivity contribution < 1.29 is 4.39 Å². The van der Waals surface area contributed by atoms with Gasteiger partial charge in [0.05, 0.1) is 0 Å². The molecule has 0 aromatic heterocycles. The molecule has 5 heteroatoms. The first-order valence-electron chi connectivity index (χ1n) is 15.1. The van der Waals surface area contributed by atoms with Crippen LogP contribution in [0.4, 0.5) is 4.39 Å². The normalized spacial score (nSPS) is 19.2. The van der Waals surface area contributed by atoms with E-state index < -0.39 is 0 Å². The number of fused-ring (bicyclic) bond motifs is 1. The molecule has 0 aliphatic carbocycles. The van der Waals surface area contributed by atoms with Crippen molar-refractivity contribution in [1.29, 1.82) is 0 Å². The summed E-state index contributed by atoms with van der Waals surface area (Å²) in [6.07, 6.45) is 3.65. The number of aryl methyl sites for hydroxylation is 2. The van der Waals surface area contributed by atoms with Crippen molar-refractivity contribution in [3.8, 4) is 0 Å². The Morgan fingerprint density at radius 3 is 2.10 bits per heavy atom. The molecule has 2 aliphatic rings. The van der Waals surface area contributed by atoms with Crippen molar-refractivity contribution in [2.45, 2.75) is 52.1 Å². The van der Waals surface area contributed by atoms with E-state index in [1.54, 1.807) is 12.1 Å². The minimum absolute atomic E-state index is 0.147. The van der Waals surface area contributed by atoms with E-state index in [1.165, 1.54) is 46.8 Å². The lowest BCUT2D eigenvalue weighted by Crippen LogP contribution is -2.53. The minimum Gasteiger partial charge on any atom is -0.301 e. The number of hydrogen-bond acceptors (Lipinski definition) is 4. The first-order chi connectivity index (χ1) is 19.0. The van der Waals surface area contributed by atoms with Crippen LogP contribution in [0.5, 0.6) is 0 Å². The Kier molecular flexibility index (Phi) is 9.67. The van der Waals surface area contributed by atoms with Gasteiger partial charge >= 0.3 is 0 Å². The zero-order valence-electron chi connectivity index (χ0n) is 24.3. The SMILES string of the molecule is Cc1ccc2ccccc2c1CCCCN1CCN(CC(c2ccc(F)cc2)N2CCN(C(C)C)CC2)CC1. The van der Waals surface area contributed by atoms with Crippen LogP contribution in [0, 0.1) is 12.7 Å². The van der Waals surface area contributed by atoms with E-state index in [-0.39, 0.29) is 5.82 Å². The van der Waals surface area contributed by atoms with Gasteiger partial charge in [0.25, 0.3) is 0 Å². The molecular formula is C34H47FN4. The standard InChI is InChI=1S/C34H47FN4/c1-27(2)38-22-24-39(25-23-38)34(30-13-15-31(35)16-14-30)26-37-20-18-36(19-21-37)17-7-6-9-32-28(3)11-12-29-8-4-5-10-33(29)32/h4-5,8,10-16,27,34H,6-7,9,17-26H2,1-3H3. The molecular weight excluding hydrogens is 483 g/mol. The quantitative estimate of drug-likeness (QED) is 0.298. The maximum absolute atomic E-state index is 13.7. The molecule has 0 saturated carbocycles. The highest BCUT2D eigenvalue weighted by atomic mass is 19.1. The first-order valence-corrected chi connectivity index (χ1v) is 15.1. The summed E-state index contributed by atoms with van der Waals surface area (Å²) < 4.78 is 13.7. The molecule has 1 unspecified atom stereocenters. The average molecular weight is 531 g/mol. The van der Waals surface area contributed by atoms with E-state index >= 15 is 0 Å². The van der Waals surface area contributed by atoms with Gasteiger partial charge in [-0.2, -0.15) is 0 Å². The number of unbranched alkanes of at least 4 members (excludes halogenated alkanes) is 1. The van der Waals surface area contributed by atoms with Crippen molar-refractivity contribution in [3.05, 3.63) is 83.2 Å². The summed E-state index contributed by atoms with van der Waals surface area (Å²) in [6, 6.07) is 21.5. The maximum atomic E-state index is 13.7. The Bertz CT molecular complexity index is 1180.